The van der Waals surface area contributed by atoms with Crippen LogP contribution in [-0.2, 0) is 16.0 Å². The minimum atomic E-state index is -0.952. The molecule has 1 aliphatic rings. The Labute approximate surface area is 111 Å². The number of carbonyl (C=O) groups excluding carboxylic acids is 1. The molecule has 5 heteroatoms. The zero-order valence-corrected chi connectivity index (χ0v) is 10.7. The number of aryl methyl sites for hydroxylation is 1. The van der Waals surface area contributed by atoms with Gasteiger partial charge in [0.25, 0.3) is 0 Å². The van der Waals surface area contributed by atoms with Crippen LogP contribution in [0.2, 0.25) is 0 Å². The van der Waals surface area contributed by atoms with Crippen LogP contribution in [0.15, 0.2) is 18.2 Å². The van der Waals surface area contributed by atoms with Gasteiger partial charge in [0.15, 0.2) is 0 Å². The highest BCUT2D eigenvalue weighted by molar-refractivity contribution is 5.81. The predicted octanol–water partition coefficient (Wildman–Crippen LogP) is 1.63. The number of carbonyl (C=O) groups is 2. The highest BCUT2D eigenvalue weighted by Gasteiger charge is 2.21. The minimum absolute atomic E-state index is 0.0226. The number of aliphatic carboxylic acids is 1. The van der Waals surface area contributed by atoms with Crippen molar-refractivity contribution in [1.82, 2.24) is 5.32 Å². The van der Waals surface area contributed by atoms with E-state index in [-0.39, 0.29) is 24.8 Å². The normalized spacial score (nSPS) is 17.6. The molecule has 1 aromatic carbocycles. The number of nitrogens with one attached hydrogen (secondary N) is 1. The van der Waals surface area contributed by atoms with Crippen molar-refractivity contribution in [3.8, 4) is 0 Å². The Kier molecular flexibility index (Phi) is 4.04. The molecule has 0 heterocycles. The monoisotopic (exact) mass is 262 g/mol. The molecule has 1 atom stereocenters. The van der Waals surface area contributed by atoms with Crippen molar-refractivity contribution in [3.63, 3.8) is 0 Å². The first-order valence-electron chi connectivity index (χ1n) is 6.45. The van der Waals surface area contributed by atoms with Crippen LogP contribution in [0.25, 0.3) is 0 Å². The van der Waals surface area contributed by atoms with E-state index in [0.29, 0.717) is 0 Å². The highest BCUT2D eigenvalue weighted by Crippen LogP contribution is 2.30. The van der Waals surface area contributed by atoms with Crippen molar-refractivity contribution in [2.75, 3.05) is 5.73 Å². The fraction of sp³-hybridized carbons (Fsp3) is 0.429. The number of rotatable bonds is 4. The fourth-order valence-electron chi connectivity index (χ4n) is 2.47. The third-order valence-corrected chi connectivity index (χ3v) is 3.38. The maximum Gasteiger partial charge on any atom is 0.303 e. The molecule has 19 heavy (non-hydrogen) atoms. The number of carboxylic acids is 1. The SMILES string of the molecule is Nc1ccc2c(c1)CCCC2NC(=O)CCC(=O)O. The molecule has 5 nitrogen and oxygen atoms in total. The van der Waals surface area contributed by atoms with Gasteiger partial charge in [0.1, 0.15) is 0 Å². The lowest BCUT2D eigenvalue weighted by Gasteiger charge is -2.26. The smallest absolute Gasteiger partial charge is 0.303 e. The number of nitrogens with two attached hydrogens (primary N) is 1. The van der Waals surface area contributed by atoms with Crippen LogP contribution in [0.3, 0.4) is 0 Å². The third-order valence-electron chi connectivity index (χ3n) is 3.38. The van der Waals surface area contributed by atoms with E-state index in [9.17, 15) is 9.59 Å². The average molecular weight is 262 g/mol. The number of anilines is 1. The van der Waals surface area contributed by atoms with Gasteiger partial charge in [-0.05, 0) is 42.5 Å². The Morgan fingerprint density at radius 1 is 1.37 bits per heavy atom. The summed E-state index contributed by atoms with van der Waals surface area (Å²) in [5.41, 5.74) is 8.77. The molecule has 0 fully saturated rings. The Balaban J connectivity index is 2.03. The fourth-order valence-corrected chi connectivity index (χ4v) is 2.47. The van der Waals surface area contributed by atoms with Gasteiger partial charge in [-0.1, -0.05) is 6.07 Å². The molecule has 0 aliphatic heterocycles. The van der Waals surface area contributed by atoms with E-state index < -0.39 is 5.97 Å². The Hall–Kier alpha value is -2.04. The van der Waals surface area contributed by atoms with E-state index in [0.717, 1.165) is 30.5 Å². The zero-order valence-electron chi connectivity index (χ0n) is 10.7. The summed E-state index contributed by atoms with van der Waals surface area (Å²) in [6.45, 7) is 0. The molecule has 0 radical (unpaired) electrons. The first kappa shape index (κ1) is 13.4. The van der Waals surface area contributed by atoms with Gasteiger partial charge in [-0.2, -0.15) is 0 Å². The molecule has 0 bridgehead atoms. The van der Waals surface area contributed by atoms with Gasteiger partial charge in [-0.15, -0.1) is 0 Å². The van der Waals surface area contributed by atoms with E-state index >= 15 is 0 Å². The van der Waals surface area contributed by atoms with Crippen LogP contribution in [0.1, 0.15) is 42.9 Å². The number of carboxylic acid groups (broad SMARTS) is 1. The van der Waals surface area contributed by atoms with E-state index in [2.05, 4.69) is 5.32 Å². The summed E-state index contributed by atoms with van der Waals surface area (Å²) in [6, 6.07) is 5.71. The molecule has 4 N–H and O–H groups in total. The second-order valence-electron chi connectivity index (χ2n) is 4.86. The summed E-state index contributed by atoms with van der Waals surface area (Å²) < 4.78 is 0. The lowest BCUT2D eigenvalue weighted by molar-refractivity contribution is -0.138. The van der Waals surface area contributed by atoms with E-state index in [1.165, 1.54) is 5.56 Å². The molecule has 102 valence electrons. The molecular weight excluding hydrogens is 244 g/mol. The average Bonchev–Trinajstić information content (AvgIpc) is 2.36. The molecule has 1 aliphatic carbocycles. The van der Waals surface area contributed by atoms with Crippen LogP contribution < -0.4 is 11.1 Å². The third kappa shape index (κ3) is 3.47. The van der Waals surface area contributed by atoms with Crippen molar-refractivity contribution in [2.24, 2.45) is 0 Å². The summed E-state index contributed by atoms with van der Waals surface area (Å²) in [5, 5.41) is 11.5. The molecule has 0 aromatic heterocycles. The molecule has 0 saturated heterocycles. The summed E-state index contributed by atoms with van der Waals surface area (Å²) >= 11 is 0. The van der Waals surface area contributed by atoms with Crippen LogP contribution in [0.5, 0.6) is 0 Å². The second kappa shape index (κ2) is 5.73. The standard InChI is InChI=1S/C14H18N2O3/c15-10-4-5-11-9(8-10)2-1-3-12(11)16-13(17)6-7-14(18)19/h4-5,8,12H,1-3,6-7,15H2,(H,16,17)(H,18,19). The van der Waals surface area contributed by atoms with Gasteiger partial charge in [-0.3, -0.25) is 9.59 Å². The van der Waals surface area contributed by atoms with Gasteiger partial charge in [0.05, 0.1) is 12.5 Å². The number of amides is 1. The quantitative estimate of drug-likeness (QED) is 0.719. The first-order valence-corrected chi connectivity index (χ1v) is 6.45. The van der Waals surface area contributed by atoms with Crippen molar-refractivity contribution in [1.29, 1.82) is 0 Å². The zero-order chi connectivity index (χ0) is 13.8. The summed E-state index contributed by atoms with van der Waals surface area (Å²) in [6.07, 6.45) is 2.75. The van der Waals surface area contributed by atoms with Gasteiger partial charge in [0.2, 0.25) is 5.91 Å². The Morgan fingerprint density at radius 2 is 2.16 bits per heavy atom. The number of benzene rings is 1. The topological polar surface area (TPSA) is 92.4 Å². The molecule has 0 spiro atoms. The lowest BCUT2D eigenvalue weighted by Crippen LogP contribution is -2.31. The molecule has 1 aromatic rings. The summed E-state index contributed by atoms with van der Waals surface area (Å²) in [7, 11) is 0. The van der Waals surface area contributed by atoms with Crippen molar-refractivity contribution < 1.29 is 14.7 Å². The van der Waals surface area contributed by atoms with Crippen molar-refractivity contribution >= 4 is 17.6 Å². The molecule has 0 saturated carbocycles. The Bertz CT molecular complexity index is 499. The largest absolute Gasteiger partial charge is 0.481 e. The van der Waals surface area contributed by atoms with E-state index in [4.69, 9.17) is 10.8 Å². The highest BCUT2D eigenvalue weighted by atomic mass is 16.4. The second-order valence-corrected chi connectivity index (χ2v) is 4.86. The summed E-state index contributed by atoms with van der Waals surface area (Å²) in [5.74, 6) is -1.16. The van der Waals surface area contributed by atoms with Crippen LogP contribution >= 0.6 is 0 Å². The number of hydrogen-bond acceptors (Lipinski definition) is 3. The summed E-state index contributed by atoms with van der Waals surface area (Å²) in [4.78, 5) is 22.1. The van der Waals surface area contributed by atoms with Gasteiger partial charge < -0.3 is 16.2 Å². The minimum Gasteiger partial charge on any atom is -0.481 e. The van der Waals surface area contributed by atoms with Crippen LogP contribution in [-0.4, -0.2) is 17.0 Å². The molecular formula is C14H18N2O3. The maximum absolute atomic E-state index is 11.7. The Morgan fingerprint density at radius 3 is 2.89 bits per heavy atom. The van der Waals surface area contributed by atoms with E-state index in [1.807, 2.05) is 18.2 Å². The van der Waals surface area contributed by atoms with Crippen molar-refractivity contribution in [3.05, 3.63) is 29.3 Å². The predicted molar refractivity (Wildman–Crippen MR) is 71.5 cm³/mol. The maximum atomic E-state index is 11.7. The van der Waals surface area contributed by atoms with Crippen LogP contribution in [0.4, 0.5) is 5.69 Å². The number of fused-ring (bicyclic) bond motifs is 1. The van der Waals surface area contributed by atoms with Gasteiger partial charge in [0, 0.05) is 12.1 Å². The number of hydrogen-bond donors (Lipinski definition) is 3. The van der Waals surface area contributed by atoms with Gasteiger partial charge in [-0.25, -0.2) is 0 Å². The number of nitrogen functional groups attached to an aromatic ring is 1. The van der Waals surface area contributed by atoms with E-state index in [1.54, 1.807) is 0 Å². The van der Waals surface area contributed by atoms with Gasteiger partial charge >= 0.3 is 5.97 Å². The van der Waals surface area contributed by atoms with Crippen LogP contribution in [0, 0.1) is 0 Å². The molecule has 1 unspecified atom stereocenters. The molecule has 2 rings (SSSR count). The van der Waals surface area contributed by atoms with Crippen molar-refractivity contribution in [2.45, 2.75) is 38.1 Å². The lowest BCUT2D eigenvalue weighted by atomic mass is 9.87. The molecule has 1 amide bonds. The first-order chi connectivity index (χ1) is 9.06.